The zero-order valence-electron chi connectivity index (χ0n) is 21.1. The Morgan fingerprint density at radius 3 is 2.39 bits per heavy atom. The first kappa shape index (κ1) is 26.6. The number of rotatable bonds is 8. The van der Waals surface area contributed by atoms with Gasteiger partial charge in [-0.3, -0.25) is 15.0 Å². The first-order valence-electron chi connectivity index (χ1n) is 11.5. The van der Waals surface area contributed by atoms with Crippen LogP contribution in [0.1, 0.15) is 27.0 Å². The predicted molar refractivity (Wildman–Crippen MR) is 142 cm³/mol. The second kappa shape index (κ2) is 10.9. The van der Waals surface area contributed by atoms with E-state index in [9.17, 15) is 18.4 Å². The van der Waals surface area contributed by atoms with Gasteiger partial charge in [-0.1, -0.05) is 18.2 Å². The summed E-state index contributed by atoms with van der Waals surface area (Å²) in [5.74, 6) is 0.230. The number of methoxy groups -OCH3 is 2. The van der Waals surface area contributed by atoms with E-state index in [1.165, 1.54) is 25.3 Å². The smallest absolute Gasteiger partial charge is 0.275 e. The molecule has 196 valence electrons. The Morgan fingerprint density at radius 2 is 1.79 bits per heavy atom. The number of amides is 1. The van der Waals surface area contributed by atoms with Gasteiger partial charge in [0.25, 0.3) is 5.91 Å². The molecule has 10 heteroatoms. The van der Waals surface area contributed by atoms with E-state index in [0.717, 1.165) is 16.7 Å². The molecular formula is C28H27N3O6S. The fraction of sp³-hybridized carbons (Fsp3) is 0.143. The molecular weight excluding hydrogens is 506 g/mol. The van der Waals surface area contributed by atoms with Crippen molar-refractivity contribution >= 4 is 21.4 Å². The van der Waals surface area contributed by atoms with Gasteiger partial charge in [-0.2, -0.15) is 0 Å². The van der Waals surface area contributed by atoms with Gasteiger partial charge in [0.1, 0.15) is 11.5 Å². The van der Waals surface area contributed by atoms with Crippen molar-refractivity contribution < 1.29 is 27.9 Å². The number of aromatic nitrogens is 1. The normalized spacial score (nSPS) is 11.2. The second-order valence-electron chi connectivity index (χ2n) is 8.52. The average Bonchev–Trinajstić information content (AvgIpc) is 2.95. The van der Waals surface area contributed by atoms with E-state index < -0.39 is 15.7 Å². The lowest BCUT2D eigenvalue weighted by Crippen LogP contribution is -2.23. The highest BCUT2D eigenvalue weighted by atomic mass is 32.2. The van der Waals surface area contributed by atoms with Gasteiger partial charge in [0, 0.05) is 36.1 Å². The molecule has 0 spiro atoms. The van der Waals surface area contributed by atoms with Crippen LogP contribution in [0.25, 0.3) is 11.1 Å². The lowest BCUT2D eigenvalue weighted by molar-refractivity contribution is 0.0702. The van der Waals surface area contributed by atoms with Gasteiger partial charge in [-0.15, -0.1) is 0 Å². The molecule has 0 unspecified atom stereocenters. The molecule has 1 heterocycles. The number of hydroxylamine groups is 1. The van der Waals surface area contributed by atoms with E-state index in [1.807, 2.05) is 12.1 Å². The Hall–Kier alpha value is -4.41. The number of pyridine rings is 1. The largest absolute Gasteiger partial charge is 0.497 e. The summed E-state index contributed by atoms with van der Waals surface area (Å²) in [4.78, 5) is 16.4. The summed E-state index contributed by atoms with van der Waals surface area (Å²) in [6, 6.07) is 16.5. The molecule has 0 atom stereocenters. The van der Waals surface area contributed by atoms with Crippen molar-refractivity contribution in [1.82, 2.24) is 10.5 Å². The Labute approximate surface area is 220 Å². The molecule has 0 saturated carbocycles. The third-order valence-corrected chi connectivity index (χ3v) is 8.23. The number of nitrogens with zero attached hydrogens (tertiary/aromatic N) is 1. The minimum absolute atomic E-state index is 0.0387. The van der Waals surface area contributed by atoms with Crippen LogP contribution in [0.2, 0.25) is 0 Å². The number of carbonyl (C=O) groups is 1. The number of sulfone groups is 1. The third kappa shape index (κ3) is 5.04. The van der Waals surface area contributed by atoms with Crippen LogP contribution in [-0.2, 0) is 16.3 Å². The molecule has 38 heavy (non-hydrogen) atoms. The molecule has 0 aliphatic rings. The Morgan fingerprint density at radius 1 is 1.05 bits per heavy atom. The Balaban J connectivity index is 1.79. The number of anilines is 1. The minimum Gasteiger partial charge on any atom is -0.497 e. The minimum atomic E-state index is -4.21. The van der Waals surface area contributed by atoms with Gasteiger partial charge in [-0.05, 0) is 65.6 Å². The zero-order chi connectivity index (χ0) is 27.4. The highest BCUT2D eigenvalue weighted by Gasteiger charge is 2.29. The molecule has 0 saturated heterocycles. The first-order valence-corrected chi connectivity index (χ1v) is 13.0. The van der Waals surface area contributed by atoms with Crippen LogP contribution < -0.4 is 20.7 Å². The molecule has 0 aliphatic carbocycles. The van der Waals surface area contributed by atoms with E-state index >= 15 is 0 Å². The fourth-order valence-electron chi connectivity index (χ4n) is 4.30. The maximum atomic E-state index is 13.8. The van der Waals surface area contributed by atoms with Crippen LogP contribution in [0.15, 0.2) is 82.8 Å². The molecule has 4 rings (SSSR count). The highest BCUT2D eigenvalue weighted by molar-refractivity contribution is 7.91. The van der Waals surface area contributed by atoms with Crippen molar-refractivity contribution in [3.8, 4) is 22.6 Å². The van der Waals surface area contributed by atoms with Crippen molar-refractivity contribution in [3.63, 3.8) is 0 Å². The third-order valence-electron chi connectivity index (χ3n) is 6.27. The zero-order valence-corrected chi connectivity index (χ0v) is 21.9. The molecule has 9 nitrogen and oxygen atoms in total. The van der Waals surface area contributed by atoms with Crippen molar-refractivity contribution in [2.24, 2.45) is 0 Å². The number of nitrogen functional groups attached to an aromatic ring is 1. The standard InChI is InChI=1S/C28H27N3O6S/c1-17-26(29)20(13-18-5-4-12-30-16-18)14-24(28(32)31-33)27(17)38(34,35)22-9-6-19(7-10-22)23-11-8-21(36-2)15-25(23)37-3/h4-12,14-16,33H,13,29H2,1-3H3,(H,31,32). The highest BCUT2D eigenvalue weighted by Crippen LogP contribution is 2.37. The fourth-order valence-corrected chi connectivity index (χ4v) is 5.98. The summed E-state index contributed by atoms with van der Waals surface area (Å²) in [7, 11) is -1.12. The van der Waals surface area contributed by atoms with E-state index in [1.54, 1.807) is 62.2 Å². The Kier molecular flexibility index (Phi) is 7.65. The van der Waals surface area contributed by atoms with Gasteiger partial charge in [0.05, 0.1) is 29.6 Å². The molecule has 3 aromatic carbocycles. The molecule has 0 aliphatic heterocycles. The molecule has 0 fully saturated rings. The van der Waals surface area contributed by atoms with Crippen LogP contribution in [0, 0.1) is 6.92 Å². The summed E-state index contributed by atoms with van der Waals surface area (Å²) in [6.07, 6.45) is 3.62. The summed E-state index contributed by atoms with van der Waals surface area (Å²) in [6.45, 7) is 1.54. The number of ether oxygens (including phenoxy) is 2. The van der Waals surface area contributed by atoms with Gasteiger partial charge in [-0.25, -0.2) is 13.9 Å². The maximum Gasteiger partial charge on any atom is 0.275 e. The quantitative estimate of drug-likeness (QED) is 0.174. The number of nitrogens with two attached hydrogens (primary N) is 1. The van der Waals surface area contributed by atoms with Crippen molar-refractivity contribution in [2.45, 2.75) is 23.1 Å². The van der Waals surface area contributed by atoms with Crippen LogP contribution in [-0.4, -0.2) is 38.7 Å². The molecule has 4 N–H and O–H groups in total. The summed E-state index contributed by atoms with van der Waals surface area (Å²) in [5.41, 5.74) is 11.0. The topological polar surface area (TPSA) is 141 Å². The van der Waals surface area contributed by atoms with E-state index in [-0.39, 0.29) is 26.6 Å². The summed E-state index contributed by atoms with van der Waals surface area (Å²) < 4.78 is 38.3. The second-order valence-corrected chi connectivity index (χ2v) is 10.4. The first-order chi connectivity index (χ1) is 18.2. The number of hydrogen-bond acceptors (Lipinski definition) is 8. The lowest BCUT2D eigenvalue weighted by Gasteiger charge is -2.18. The molecule has 1 amide bonds. The predicted octanol–water partition coefficient (Wildman–Crippen LogP) is 4.20. The number of benzene rings is 3. The average molecular weight is 534 g/mol. The van der Waals surface area contributed by atoms with Gasteiger partial charge >= 0.3 is 0 Å². The van der Waals surface area contributed by atoms with E-state index in [2.05, 4.69) is 4.98 Å². The molecule has 0 bridgehead atoms. The monoisotopic (exact) mass is 533 g/mol. The van der Waals surface area contributed by atoms with Crippen LogP contribution in [0.3, 0.4) is 0 Å². The Bertz CT molecular complexity index is 1590. The number of hydrogen-bond donors (Lipinski definition) is 3. The summed E-state index contributed by atoms with van der Waals surface area (Å²) >= 11 is 0. The van der Waals surface area contributed by atoms with Gasteiger partial charge in [0.15, 0.2) is 0 Å². The lowest BCUT2D eigenvalue weighted by atomic mass is 9.98. The molecule has 1 aromatic heterocycles. The van der Waals surface area contributed by atoms with Gasteiger partial charge < -0.3 is 15.2 Å². The SMILES string of the molecule is COc1ccc(-c2ccc(S(=O)(=O)c3c(C(=O)NO)cc(Cc4cccnc4)c(N)c3C)cc2)c(OC)c1. The van der Waals surface area contributed by atoms with E-state index in [0.29, 0.717) is 23.5 Å². The van der Waals surface area contributed by atoms with Crippen LogP contribution in [0.5, 0.6) is 11.5 Å². The molecule has 4 aromatic rings. The summed E-state index contributed by atoms with van der Waals surface area (Å²) in [5, 5.41) is 9.38. The number of carbonyl (C=O) groups excluding carboxylic acids is 1. The van der Waals surface area contributed by atoms with Crippen molar-refractivity contribution in [3.05, 3.63) is 95.3 Å². The van der Waals surface area contributed by atoms with Crippen LogP contribution >= 0.6 is 0 Å². The molecule has 0 radical (unpaired) electrons. The van der Waals surface area contributed by atoms with Crippen molar-refractivity contribution in [2.75, 3.05) is 20.0 Å². The maximum absolute atomic E-state index is 13.8. The van der Waals surface area contributed by atoms with Gasteiger partial charge in [0.2, 0.25) is 9.84 Å². The van der Waals surface area contributed by atoms with Crippen LogP contribution in [0.4, 0.5) is 5.69 Å². The number of nitrogens with one attached hydrogen (secondary N) is 1. The van der Waals surface area contributed by atoms with Crippen molar-refractivity contribution in [1.29, 1.82) is 0 Å². The van der Waals surface area contributed by atoms with E-state index in [4.69, 9.17) is 15.2 Å².